The molecule has 0 bridgehead atoms. The maximum absolute atomic E-state index is 12.5. The summed E-state index contributed by atoms with van der Waals surface area (Å²) in [5.41, 5.74) is -0.824. The number of carbonyl (C=O) groups is 1. The van der Waals surface area contributed by atoms with E-state index < -0.39 is 41.0 Å². The number of rotatable bonds is 4. The molecule has 0 unspecified atom stereocenters. The first-order valence-corrected chi connectivity index (χ1v) is 6.04. The Bertz CT molecular complexity index is 584. The Morgan fingerprint density at radius 3 is 2.48 bits per heavy atom. The molecule has 0 spiro atoms. The Hall–Kier alpha value is -2.32. The number of benzene rings is 1. The smallest absolute Gasteiger partial charge is 0.406 e. The van der Waals surface area contributed by atoms with Crippen molar-refractivity contribution < 1.29 is 28.0 Å². The molecule has 9 heteroatoms. The van der Waals surface area contributed by atoms with Gasteiger partial charge in [-0.1, -0.05) is 0 Å². The molecule has 6 nitrogen and oxygen atoms in total. The number of nitro groups is 1. The Labute approximate surface area is 116 Å². The van der Waals surface area contributed by atoms with Crippen LogP contribution in [0.3, 0.4) is 0 Å². The van der Waals surface area contributed by atoms with Crippen LogP contribution in [0.4, 0.5) is 18.9 Å². The van der Waals surface area contributed by atoms with Gasteiger partial charge in [0.25, 0.3) is 5.91 Å². The lowest BCUT2D eigenvalue weighted by Gasteiger charge is -2.23. The summed E-state index contributed by atoms with van der Waals surface area (Å²) in [4.78, 5) is 22.5. The second-order valence-corrected chi connectivity index (χ2v) is 4.74. The second-order valence-electron chi connectivity index (χ2n) is 4.74. The van der Waals surface area contributed by atoms with Crippen molar-refractivity contribution in [3.05, 3.63) is 33.9 Å². The Morgan fingerprint density at radius 1 is 1.43 bits per heavy atom. The standard InChI is InChI=1S/C12H11F3N2O4/c13-12(14,15)6-16(8-2-3-8)11(19)7-1-4-9(17(20)21)10(18)5-7/h1,4-5,8,18H,2-3,6H2. The molecule has 0 aliphatic heterocycles. The van der Waals surface area contributed by atoms with Gasteiger partial charge in [0, 0.05) is 17.7 Å². The van der Waals surface area contributed by atoms with E-state index >= 15 is 0 Å². The minimum atomic E-state index is -4.53. The first kappa shape index (κ1) is 15.1. The van der Waals surface area contributed by atoms with E-state index in [1.807, 2.05) is 0 Å². The zero-order chi connectivity index (χ0) is 15.8. The van der Waals surface area contributed by atoms with Crippen LogP contribution in [0.15, 0.2) is 18.2 Å². The van der Waals surface area contributed by atoms with Gasteiger partial charge in [0.05, 0.1) is 4.92 Å². The van der Waals surface area contributed by atoms with Gasteiger partial charge in [0.2, 0.25) is 0 Å². The predicted octanol–water partition coefficient (Wildman–Crippen LogP) is 2.47. The van der Waals surface area contributed by atoms with Crippen LogP contribution in [0, 0.1) is 10.1 Å². The molecular formula is C12H11F3N2O4. The number of carbonyl (C=O) groups excluding carboxylic acids is 1. The molecular weight excluding hydrogens is 293 g/mol. The van der Waals surface area contributed by atoms with E-state index in [1.54, 1.807) is 0 Å². The van der Waals surface area contributed by atoms with Gasteiger partial charge in [-0.25, -0.2) is 0 Å². The van der Waals surface area contributed by atoms with Crippen LogP contribution in [-0.4, -0.2) is 39.6 Å². The molecule has 2 rings (SSSR count). The fraction of sp³-hybridized carbons (Fsp3) is 0.417. The maximum Gasteiger partial charge on any atom is 0.406 e. The summed E-state index contributed by atoms with van der Waals surface area (Å²) in [5, 5.41) is 20.0. The van der Waals surface area contributed by atoms with E-state index in [4.69, 9.17) is 0 Å². The number of aromatic hydroxyl groups is 1. The van der Waals surface area contributed by atoms with E-state index in [9.17, 15) is 33.2 Å². The molecule has 1 aromatic rings. The summed E-state index contributed by atoms with van der Waals surface area (Å²) in [7, 11) is 0. The monoisotopic (exact) mass is 304 g/mol. The van der Waals surface area contributed by atoms with E-state index in [0.29, 0.717) is 17.7 Å². The highest BCUT2D eigenvalue weighted by Crippen LogP contribution is 2.33. The molecule has 0 radical (unpaired) electrons. The quantitative estimate of drug-likeness (QED) is 0.684. The van der Waals surface area contributed by atoms with Crippen molar-refractivity contribution in [3.8, 4) is 5.75 Å². The average Bonchev–Trinajstić information content (AvgIpc) is 3.17. The van der Waals surface area contributed by atoms with E-state index in [0.717, 1.165) is 18.2 Å². The van der Waals surface area contributed by atoms with Gasteiger partial charge in [-0.3, -0.25) is 14.9 Å². The fourth-order valence-electron chi connectivity index (χ4n) is 1.92. The molecule has 0 heterocycles. The third-order valence-electron chi connectivity index (χ3n) is 3.02. The summed E-state index contributed by atoms with van der Waals surface area (Å²) in [6.07, 6.45) is -3.55. The normalized spacial score (nSPS) is 14.8. The van der Waals surface area contributed by atoms with Crippen LogP contribution in [-0.2, 0) is 0 Å². The number of phenolic OH excluding ortho intramolecular Hbond substituents is 1. The van der Waals surface area contributed by atoms with Crippen molar-refractivity contribution in [2.24, 2.45) is 0 Å². The summed E-state index contributed by atoms with van der Waals surface area (Å²) < 4.78 is 37.5. The minimum Gasteiger partial charge on any atom is -0.502 e. The summed E-state index contributed by atoms with van der Waals surface area (Å²) in [6.45, 7) is -1.38. The molecule has 1 fully saturated rings. The van der Waals surface area contributed by atoms with E-state index in [-0.39, 0.29) is 5.56 Å². The highest BCUT2D eigenvalue weighted by atomic mass is 19.4. The molecule has 21 heavy (non-hydrogen) atoms. The predicted molar refractivity (Wildman–Crippen MR) is 64.9 cm³/mol. The van der Waals surface area contributed by atoms with Crippen LogP contribution < -0.4 is 0 Å². The van der Waals surface area contributed by atoms with Crippen LogP contribution in [0.5, 0.6) is 5.75 Å². The Kier molecular flexibility index (Phi) is 3.75. The fourth-order valence-corrected chi connectivity index (χ4v) is 1.92. The lowest BCUT2D eigenvalue weighted by Crippen LogP contribution is -2.40. The number of halogens is 3. The van der Waals surface area contributed by atoms with Crippen molar-refractivity contribution in [1.82, 2.24) is 4.90 Å². The Balaban J connectivity index is 2.25. The molecule has 1 saturated carbocycles. The zero-order valence-electron chi connectivity index (χ0n) is 10.6. The summed E-state index contributed by atoms with van der Waals surface area (Å²) >= 11 is 0. The van der Waals surface area contributed by atoms with Crippen molar-refractivity contribution in [2.45, 2.75) is 25.1 Å². The lowest BCUT2D eigenvalue weighted by molar-refractivity contribution is -0.385. The lowest BCUT2D eigenvalue weighted by atomic mass is 10.1. The van der Waals surface area contributed by atoms with Crippen LogP contribution in [0.2, 0.25) is 0 Å². The topological polar surface area (TPSA) is 83.7 Å². The molecule has 114 valence electrons. The molecule has 0 atom stereocenters. The van der Waals surface area contributed by atoms with E-state index in [1.165, 1.54) is 0 Å². The molecule has 1 aliphatic rings. The molecule has 1 amide bonds. The molecule has 0 aromatic heterocycles. The van der Waals surface area contributed by atoms with Crippen LogP contribution in [0.1, 0.15) is 23.2 Å². The number of hydrogen-bond acceptors (Lipinski definition) is 4. The SMILES string of the molecule is O=C(c1ccc([N+](=O)[O-])c(O)c1)N(CC(F)(F)F)C1CC1. The van der Waals surface area contributed by atoms with Gasteiger partial charge < -0.3 is 10.0 Å². The second kappa shape index (κ2) is 5.23. The van der Waals surface area contributed by atoms with Gasteiger partial charge in [0.1, 0.15) is 6.54 Å². The zero-order valence-corrected chi connectivity index (χ0v) is 10.6. The minimum absolute atomic E-state index is 0.214. The summed E-state index contributed by atoms with van der Waals surface area (Å²) in [5.74, 6) is -1.66. The third kappa shape index (κ3) is 3.61. The highest BCUT2D eigenvalue weighted by Gasteiger charge is 2.41. The number of phenols is 1. The van der Waals surface area contributed by atoms with E-state index in [2.05, 4.69) is 0 Å². The van der Waals surface area contributed by atoms with Crippen molar-refractivity contribution in [2.75, 3.05) is 6.54 Å². The first-order chi connectivity index (χ1) is 9.69. The number of nitro benzene ring substituents is 1. The van der Waals surface area contributed by atoms with Gasteiger partial charge in [0.15, 0.2) is 5.75 Å². The van der Waals surface area contributed by atoms with Gasteiger partial charge in [-0.2, -0.15) is 13.2 Å². The maximum atomic E-state index is 12.5. The first-order valence-electron chi connectivity index (χ1n) is 6.04. The van der Waals surface area contributed by atoms with Crippen LogP contribution >= 0.6 is 0 Å². The Morgan fingerprint density at radius 2 is 2.05 bits per heavy atom. The number of hydrogen-bond donors (Lipinski definition) is 1. The molecule has 1 N–H and O–H groups in total. The van der Waals surface area contributed by atoms with Gasteiger partial charge >= 0.3 is 11.9 Å². The van der Waals surface area contributed by atoms with Gasteiger partial charge in [-0.15, -0.1) is 0 Å². The average molecular weight is 304 g/mol. The summed E-state index contributed by atoms with van der Waals surface area (Å²) in [6, 6.07) is 2.26. The third-order valence-corrected chi connectivity index (χ3v) is 3.02. The van der Waals surface area contributed by atoms with Gasteiger partial charge in [-0.05, 0) is 25.0 Å². The molecule has 1 aliphatic carbocycles. The van der Waals surface area contributed by atoms with Crippen molar-refractivity contribution in [1.29, 1.82) is 0 Å². The van der Waals surface area contributed by atoms with Crippen molar-refractivity contribution >= 4 is 11.6 Å². The largest absolute Gasteiger partial charge is 0.502 e. The number of amides is 1. The number of alkyl halides is 3. The molecule has 0 saturated heterocycles. The number of nitrogens with zero attached hydrogens (tertiary/aromatic N) is 2. The molecule has 1 aromatic carbocycles. The van der Waals surface area contributed by atoms with Crippen molar-refractivity contribution in [3.63, 3.8) is 0 Å². The highest BCUT2D eigenvalue weighted by molar-refractivity contribution is 5.95. The van der Waals surface area contributed by atoms with Crippen LogP contribution in [0.25, 0.3) is 0 Å².